The van der Waals surface area contributed by atoms with Crippen LogP contribution in [0.15, 0.2) is 51.2 Å². The fraction of sp³-hybridized carbons (Fsp3) is 0.0667. The second-order valence-corrected chi connectivity index (χ2v) is 8.27. The lowest BCUT2D eigenvalue weighted by Gasteiger charge is -2.06. The maximum atomic E-state index is 12.8. The van der Waals surface area contributed by atoms with Crippen LogP contribution in [-0.4, -0.2) is 19.2 Å². The average molecular weight is 344 g/mol. The van der Waals surface area contributed by atoms with Gasteiger partial charge in [-0.25, -0.2) is 18.4 Å². The van der Waals surface area contributed by atoms with Gasteiger partial charge in [-0.3, -0.25) is 0 Å². The predicted molar refractivity (Wildman–Crippen MR) is 90.9 cm³/mol. The molecular weight excluding hydrogens is 332 g/mol. The Labute approximate surface area is 136 Å². The Balaban J connectivity index is 1.82. The third-order valence-electron chi connectivity index (χ3n) is 3.68. The summed E-state index contributed by atoms with van der Waals surface area (Å²) in [5.41, 5.74) is 13.6. The number of rotatable bonds is 2. The van der Waals surface area contributed by atoms with Crippen molar-refractivity contribution in [3.63, 3.8) is 0 Å². The average Bonchev–Trinajstić information content (AvgIpc) is 3.05. The highest BCUT2D eigenvalue weighted by molar-refractivity contribution is 7.91. The van der Waals surface area contributed by atoms with Crippen molar-refractivity contribution in [1.82, 2.24) is 4.98 Å². The third-order valence-corrected chi connectivity index (χ3v) is 6.28. The molecule has 0 fully saturated rings. The number of nitrogen functional groups attached to an aromatic ring is 1. The normalized spacial score (nSPS) is 14.0. The van der Waals surface area contributed by atoms with Crippen molar-refractivity contribution in [3.8, 4) is 0 Å². The van der Waals surface area contributed by atoms with Crippen molar-refractivity contribution < 1.29 is 8.42 Å². The summed E-state index contributed by atoms with van der Waals surface area (Å²) in [7, 11) is -3.61. The number of nitrogens with two attached hydrogens (primary N) is 2. The fourth-order valence-electron chi connectivity index (χ4n) is 2.60. The molecule has 0 unspecified atom stereocenters. The van der Waals surface area contributed by atoms with E-state index in [1.54, 1.807) is 36.4 Å². The monoisotopic (exact) mass is 344 g/mol. The summed E-state index contributed by atoms with van der Waals surface area (Å²) in [4.78, 5) is 8.76. The molecule has 4 N–H and O–H groups in total. The molecule has 1 aromatic heterocycles. The molecule has 2 heterocycles. The summed E-state index contributed by atoms with van der Waals surface area (Å²) in [5.74, 6) is 0.496. The minimum absolute atomic E-state index is 0.223. The van der Waals surface area contributed by atoms with Gasteiger partial charge in [0, 0.05) is 6.42 Å². The highest BCUT2D eigenvalue weighted by Crippen LogP contribution is 2.32. The van der Waals surface area contributed by atoms with Crippen molar-refractivity contribution in [3.05, 3.63) is 42.0 Å². The van der Waals surface area contributed by atoms with Gasteiger partial charge < -0.3 is 11.5 Å². The lowest BCUT2D eigenvalue weighted by atomic mass is 10.1. The van der Waals surface area contributed by atoms with Crippen LogP contribution in [0.1, 0.15) is 5.56 Å². The first kappa shape index (κ1) is 14.2. The van der Waals surface area contributed by atoms with E-state index in [1.165, 1.54) is 11.3 Å². The number of sulfone groups is 1. The van der Waals surface area contributed by atoms with Gasteiger partial charge in [0.2, 0.25) is 9.84 Å². The van der Waals surface area contributed by atoms with Gasteiger partial charge in [0.1, 0.15) is 5.84 Å². The van der Waals surface area contributed by atoms with E-state index < -0.39 is 9.84 Å². The first-order valence-corrected chi connectivity index (χ1v) is 9.10. The van der Waals surface area contributed by atoms with Crippen LogP contribution in [0.25, 0.3) is 10.2 Å². The molecule has 0 saturated heterocycles. The van der Waals surface area contributed by atoms with Crippen molar-refractivity contribution in [2.45, 2.75) is 16.2 Å². The number of benzene rings is 2. The molecule has 1 aliphatic rings. The summed E-state index contributed by atoms with van der Waals surface area (Å²) < 4.78 is 26.4. The molecule has 0 bridgehead atoms. The fourth-order valence-corrected chi connectivity index (χ4v) is 4.78. The van der Waals surface area contributed by atoms with Crippen LogP contribution in [0.2, 0.25) is 0 Å². The van der Waals surface area contributed by atoms with Gasteiger partial charge in [0.05, 0.1) is 25.7 Å². The maximum absolute atomic E-state index is 12.8. The Bertz CT molecular complexity index is 1080. The van der Waals surface area contributed by atoms with Gasteiger partial charge in [0.25, 0.3) is 0 Å². The van der Waals surface area contributed by atoms with Gasteiger partial charge in [-0.2, -0.15) is 0 Å². The summed E-state index contributed by atoms with van der Waals surface area (Å²) in [5, 5.41) is 0.416. The predicted octanol–water partition coefficient (Wildman–Crippen LogP) is 2.26. The molecule has 2 aromatic carbocycles. The SMILES string of the molecule is NC1=Nc2ccc(S(=O)(=O)c3ccc4nc(N)sc4c3)cc2C1. The van der Waals surface area contributed by atoms with Gasteiger partial charge in [-0.15, -0.1) is 0 Å². The lowest BCUT2D eigenvalue weighted by Crippen LogP contribution is -2.10. The number of hydrogen-bond donors (Lipinski definition) is 2. The van der Waals surface area contributed by atoms with Crippen molar-refractivity contribution in [2.75, 3.05) is 5.73 Å². The zero-order valence-electron chi connectivity index (χ0n) is 11.9. The molecule has 0 spiro atoms. The quantitative estimate of drug-likeness (QED) is 0.740. The van der Waals surface area contributed by atoms with E-state index in [4.69, 9.17) is 11.5 Å². The van der Waals surface area contributed by atoms with E-state index >= 15 is 0 Å². The van der Waals surface area contributed by atoms with Crippen LogP contribution in [-0.2, 0) is 16.3 Å². The molecular formula is C15H12N4O2S2. The highest BCUT2D eigenvalue weighted by Gasteiger charge is 2.22. The Morgan fingerprint density at radius 2 is 1.78 bits per heavy atom. The molecule has 0 radical (unpaired) electrons. The van der Waals surface area contributed by atoms with Gasteiger partial charge in [-0.05, 0) is 42.0 Å². The zero-order chi connectivity index (χ0) is 16.2. The Morgan fingerprint density at radius 1 is 1.04 bits per heavy atom. The van der Waals surface area contributed by atoms with E-state index in [-0.39, 0.29) is 9.79 Å². The summed E-state index contributed by atoms with van der Waals surface area (Å²) in [6.45, 7) is 0. The molecule has 6 nitrogen and oxygen atoms in total. The largest absolute Gasteiger partial charge is 0.387 e. The van der Waals surface area contributed by atoms with E-state index in [0.29, 0.717) is 22.9 Å². The van der Waals surface area contributed by atoms with Crippen LogP contribution in [0.5, 0.6) is 0 Å². The number of thiazole rings is 1. The number of amidine groups is 1. The summed E-state index contributed by atoms with van der Waals surface area (Å²) in [6, 6.07) is 9.71. The van der Waals surface area contributed by atoms with E-state index in [2.05, 4.69) is 9.98 Å². The van der Waals surface area contributed by atoms with Gasteiger partial charge in [0.15, 0.2) is 5.13 Å². The summed E-state index contributed by atoms with van der Waals surface area (Å²) in [6.07, 6.45) is 0.475. The Morgan fingerprint density at radius 3 is 2.61 bits per heavy atom. The molecule has 0 amide bonds. The molecule has 23 heavy (non-hydrogen) atoms. The minimum Gasteiger partial charge on any atom is -0.387 e. The smallest absolute Gasteiger partial charge is 0.206 e. The Hall–Kier alpha value is -2.45. The standard InChI is InChI=1S/C15H12N4O2S2/c16-14-6-8-5-9(1-3-11(8)18-14)23(20,21)10-2-4-12-13(7-10)22-15(17)19-12/h1-5,7H,6H2,(H2,16,18)(H2,17,19). The number of fused-ring (bicyclic) bond motifs is 2. The highest BCUT2D eigenvalue weighted by atomic mass is 32.2. The van der Waals surface area contributed by atoms with Crippen LogP contribution in [0.4, 0.5) is 10.8 Å². The molecule has 116 valence electrons. The number of aromatic nitrogens is 1. The van der Waals surface area contributed by atoms with Crippen molar-refractivity contribution in [1.29, 1.82) is 0 Å². The molecule has 8 heteroatoms. The first-order chi connectivity index (χ1) is 10.9. The number of aliphatic imine (C=N–C) groups is 1. The third kappa shape index (κ3) is 2.27. The van der Waals surface area contributed by atoms with Gasteiger partial charge in [-0.1, -0.05) is 11.3 Å². The first-order valence-electron chi connectivity index (χ1n) is 6.80. The minimum atomic E-state index is -3.61. The number of nitrogens with zero attached hydrogens (tertiary/aromatic N) is 2. The van der Waals surface area contributed by atoms with Crippen LogP contribution in [0, 0.1) is 0 Å². The molecule has 4 rings (SSSR count). The maximum Gasteiger partial charge on any atom is 0.206 e. The topological polar surface area (TPSA) is 111 Å². The van der Waals surface area contributed by atoms with E-state index in [1.807, 2.05) is 0 Å². The second-order valence-electron chi connectivity index (χ2n) is 5.26. The van der Waals surface area contributed by atoms with Crippen molar-refractivity contribution >= 4 is 48.0 Å². The molecule has 1 aliphatic heterocycles. The lowest BCUT2D eigenvalue weighted by molar-refractivity contribution is 0.596. The summed E-state index contributed by atoms with van der Waals surface area (Å²) >= 11 is 1.27. The van der Waals surface area contributed by atoms with E-state index in [0.717, 1.165) is 16.0 Å². The van der Waals surface area contributed by atoms with Crippen molar-refractivity contribution in [2.24, 2.45) is 10.7 Å². The second kappa shape index (κ2) is 4.77. The van der Waals surface area contributed by atoms with Crippen LogP contribution in [0.3, 0.4) is 0 Å². The molecule has 0 aliphatic carbocycles. The molecule has 3 aromatic rings. The Kier molecular flexibility index (Phi) is 2.94. The molecule has 0 saturated carbocycles. The zero-order valence-corrected chi connectivity index (χ0v) is 13.5. The van der Waals surface area contributed by atoms with Gasteiger partial charge >= 0.3 is 0 Å². The number of anilines is 1. The van der Waals surface area contributed by atoms with Crippen LogP contribution < -0.4 is 11.5 Å². The molecule has 0 atom stereocenters. The van der Waals surface area contributed by atoms with E-state index in [9.17, 15) is 8.42 Å². The van der Waals surface area contributed by atoms with Crippen LogP contribution >= 0.6 is 11.3 Å². The number of hydrogen-bond acceptors (Lipinski definition) is 7.